The maximum atomic E-state index is 12.7. The highest BCUT2D eigenvalue weighted by Crippen LogP contribution is 2.37. The van der Waals surface area contributed by atoms with Crippen molar-refractivity contribution in [3.05, 3.63) is 58.5 Å². The molecule has 0 spiro atoms. The normalized spacial score (nSPS) is 14.8. The Labute approximate surface area is 183 Å². The fraction of sp³-hybridized carbons (Fsp3) is 0.227. The van der Waals surface area contributed by atoms with Gasteiger partial charge in [0.15, 0.2) is 11.5 Å². The van der Waals surface area contributed by atoms with Gasteiger partial charge in [0.25, 0.3) is 11.1 Å². The van der Waals surface area contributed by atoms with Crippen molar-refractivity contribution in [3.63, 3.8) is 0 Å². The first-order valence-corrected chi connectivity index (χ1v) is 10.3. The lowest BCUT2D eigenvalue weighted by Gasteiger charge is -2.12. The van der Waals surface area contributed by atoms with Crippen LogP contribution >= 0.6 is 11.8 Å². The first-order chi connectivity index (χ1) is 14.9. The lowest BCUT2D eigenvalue weighted by molar-refractivity contribution is -0.129. The number of aromatic hydroxyl groups is 1. The van der Waals surface area contributed by atoms with E-state index in [-0.39, 0.29) is 17.2 Å². The molecule has 1 fully saturated rings. The summed E-state index contributed by atoms with van der Waals surface area (Å²) in [6.07, 6.45) is 2.11. The number of imide groups is 1. The van der Waals surface area contributed by atoms with Crippen molar-refractivity contribution in [3.8, 4) is 17.2 Å². The number of benzene rings is 2. The first-order valence-electron chi connectivity index (χ1n) is 9.44. The van der Waals surface area contributed by atoms with Gasteiger partial charge in [0, 0.05) is 12.1 Å². The van der Waals surface area contributed by atoms with Crippen LogP contribution in [0.15, 0.2) is 47.4 Å². The Kier molecular flexibility index (Phi) is 7.19. The molecule has 0 saturated carbocycles. The number of methoxy groups -OCH3 is 2. The predicted octanol–water partition coefficient (Wildman–Crippen LogP) is 2.80. The number of para-hydroxylation sites is 1. The molecule has 0 aromatic heterocycles. The predicted molar refractivity (Wildman–Crippen MR) is 117 cm³/mol. The Bertz CT molecular complexity index is 1020. The van der Waals surface area contributed by atoms with E-state index in [1.54, 1.807) is 48.5 Å². The molecule has 2 aromatic rings. The van der Waals surface area contributed by atoms with E-state index in [4.69, 9.17) is 9.47 Å². The van der Waals surface area contributed by atoms with Crippen molar-refractivity contribution in [2.45, 2.75) is 6.42 Å². The summed E-state index contributed by atoms with van der Waals surface area (Å²) >= 11 is 0.772. The summed E-state index contributed by atoms with van der Waals surface area (Å²) in [5.74, 6) is 0.161. The molecule has 8 nitrogen and oxygen atoms in total. The smallest absolute Gasteiger partial charge is 0.294 e. The molecule has 0 radical (unpaired) electrons. The quantitative estimate of drug-likeness (QED) is 0.606. The number of nitrogens with zero attached hydrogens (tertiary/aromatic N) is 1. The maximum Gasteiger partial charge on any atom is 0.294 e. The zero-order chi connectivity index (χ0) is 22.4. The fourth-order valence-electron chi connectivity index (χ4n) is 3.01. The van der Waals surface area contributed by atoms with Gasteiger partial charge in [-0.1, -0.05) is 24.3 Å². The van der Waals surface area contributed by atoms with Crippen LogP contribution in [0.25, 0.3) is 6.08 Å². The Morgan fingerprint density at radius 3 is 2.55 bits per heavy atom. The van der Waals surface area contributed by atoms with Gasteiger partial charge < -0.3 is 19.9 Å². The molecule has 1 aliphatic rings. The summed E-state index contributed by atoms with van der Waals surface area (Å²) < 4.78 is 10.6. The van der Waals surface area contributed by atoms with Crippen molar-refractivity contribution in [2.75, 3.05) is 27.3 Å². The molecule has 9 heteroatoms. The molecular formula is C22H22N2O6S. The van der Waals surface area contributed by atoms with Gasteiger partial charge in [0.05, 0.1) is 19.1 Å². The largest absolute Gasteiger partial charge is 0.508 e. The second-order valence-electron chi connectivity index (χ2n) is 6.62. The van der Waals surface area contributed by atoms with Crippen LogP contribution in [0.4, 0.5) is 4.79 Å². The van der Waals surface area contributed by atoms with Crippen LogP contribution in [0.2, 0.25) is 0 Å². The third-order valence-electron chi connectivity index (χ3n) is 4.57. The van der Waals surface area contributed by atoms with Gasteiger partial charge in [0.1, 0.15) is 12.3 Å². The van der Waals surface area contributed by atoms with E-state index in [9.17, 15) is 19.5 Å². The number of nitrogens with one attached hydrogen (secondary N) is 1. The number of ether oxygens (including phenoxy) is 2. The fourth-order valence-corrected chi connectivity index (χ4v) is 3.84. The van der Waals surface area contributed by atoms with Gasteiger partial charge >= 0.3 is 0 Å². The molecule has 3 rings (SSSR count). The molecule has 0 bridgehead atoms. The molecule has 1 heterocycles. The monoisotopic (exact) mass is 442 g/mol. The van der Waals surface area contributed by atoms with Crippen molar-refractivity contribution in [1.82, 2.24) is 10.2 Å². The van der Waals surface area contributed by atoms with Crippen LogP contribution in [0.1, 0.15) is 11.1 Å². The van der Waals surface area contributed by atoms with Crippen molar-refractivity contribution in [1.29, 1.82) is 0 Å². The molecule has 0 aliphatic carbocycles. The number of hydrogen-bond acceptors (Lipinski definition) is 7. The van der Waals surface area contributed by atoms with E-state index >= 15 is 0 Å². The van der Waals surface area contributed by atoms with Gasteiger partial charge in [-0.15, -0.1) is 0 Å². The summed E-state index contributed by atoms with van der Waals surface area (Å²) in [7, 11) is 3.00. The Morgan fingerprint density at radius 2 is 1.87 bits per heavy atom. The lowest BCUT2D eigenvalue weighted by atomic mass is 10.1. The molecule has 31 heavy (non-hydrogen) atoms. The van der Waals surface area contributed by atoms with Crippen molar-refractivity contribution in [2.24, 2.45) is 0 Å². The Morgan fingerprint density at radius 1 is 1.13 bits per heavy atom. The molecule has 1 aliphatic heterocycles. The molecule has 2 N–H and O–H groups in total. The van der Waals surface area contributed by atoms with Gasteiger partial charge in [-0.05, 0) is 48.0 Å². The van der Waals surface area contributed by atoms with Crippen molar-refractivity contribution < 1.29 is 29.0 Å². The maximum absolute atomic E-state index is 12.7. The molecule has 1 saturated heterocycles. The molecule has 3 amide bonds. The zero-order valence-electron chi connectivity index (χ0n) is 17.1. The van der Waals surface area contributed by atoms with E-state index < -0.39 is 17.1 Å². The number of phenolic OH excluding ortho intramolecular Hbond substituents is 1. The topological polar surface area (TPSA) is 105 Å². The summed E-state index contributed by atoms with van der Waals surface area (Å²) in [4.78, 5) is 38.3. The molecular weight excluding hydrogens is 420 g/mol. The van der Waals surface area contributed by atoms with Gasteiger partial charge in [-0.3, -0.25) is 19.3 Å². The van der Waals surface area contributed by atoms with Crippen LogP contribution in [0.3, 0.4) is 0 Å². The van der Waals surface area contributed by atoms with Gasteiger partial charge in [0.2, 0.25) is 5.91 Å². The number of carbonyl (C=O) groups is 3. The Balaban J connectivity index is 1.62. The highest BCUT2D eigenvalue weighted by Gasteiger charge is 2.36. The summed E-state index contributed by atoms with van der Waals surface area (Å²) in [6, 6.07) is 11.9. The number of amides is 3. The third-order valence-corrected chi connectivity index (χ3v) is 5.47. The van der Waals surface area contributed by atoms with Crippen LogP contribution in [0, 0.1) is 0 Å². The number of phenols is 1. The van der Waals surface area contributed by atoms with Crippen LogP contribution in [-0.2, 0) is 16.0 Å². The zero-order valence-corrected chi connectivity index (χ0v) is 17.9. The van der Waals surface area contributed by atoms with Gasteiger partial charge in [-0.25, -0.2) is 0 Å². The standard InChI is InChI=1S/C22H22N2O6S/c1-29-17-5-3-4-15(20(17)30-2)12-18-21(27)24(22(28)31-18)13-19(26)23-11-10-14-6-8-16(25)9-7-14/h3-9,12,25H,10-11,13H2,1-2H3,(H,23,26). The minimum atomic E-state index is -0.534. The average Bonchev–Trinajstić information content (AvgIpc) is 3.02. The van der Waals surface area contributed by atoms with Crippen LogP contribution in [-0.4, -0.2) is 54.4 Å². The molecule has 0 unspecified atom stereocenters. The van der Waals surface area contributed by atoms with Crippen molar-refractivity contribution >= 4 is 34.9 Å². The lowest BCUT2D eigenvalue weighted by Crippen LogP contribution is -2.40. The Hall–Kier alpha value is -3.46. The van der Waals surface area contributed by atoms with Crippen LogP contribution in [0.5, 0.6) is 17.2 Å². The van der Waals surface area contributed by atoms with Gasteiger partial charge in [-0.2, -0.15) is 0 Å². The van der Waals surface area contributed by atoms with E-state index in [1.807, 2.05) is 0 Å². The third kappa shape index (κ3) is 5.37. The number of rotatable bonds is 8. The molecule has 162 valence electrons. The second-order valence-corrected chi connectivity index (χ2v) is 7.61. The highest BCUT2D eigenvalue weighted by atomic mass is 32.2. The second kappa shape index (κ2) is 10.0. The number of carbonyl (C=O) groups excluding carboxylic acids is 3. The SMILES string of the molecule is COc1cccc(C=C2SC(=O)N(CC(=O)NCCc3ccc(O)cc3)C2=O)c1OC. The van der Waals surface area contributed by atoms with E-state index in [0.29, 0.717) is 30.0 Å². The van der Waals surface area contributed by atoms with Crippen LogP contribution < -0.4 is 14.8 Å². The summed E-state index contributed by atoms with van der Waals surface area (Å²) in [5, 5.41) is 11.5. The number of thioether (sulfide) groups is 1. The summed E-state index contributed by atoms with van der Waals surface area (Å²) in [5.41, 5.74) is 1.53. The molecule has 2 aromatic carbocycles. The highest BCUT2D eigenvalue weighted by molar-refractivity contribution is 8.18. The van der Waals surface area contributed by atoms with E-state index in [1.165, 1.54) is 14.2 Å². The van der Waals surface area contributed by atoms with E-state index in [2.05, 4.69) is 5.32 Å². The van der Waals surface area contributed by atoms with E-state index in [0.717, 1.165) is 22.2 Å². The average molecular weight is 442 g/mol. The minimum Gasteiger partial charge on any atom is -0.508 e. The summed E-state index contributed by atoms with van der Waals surface area (Å²) in [6.45, 7) is -0.0104. The minimum absolute atomic E-state index is 0.173. The number of hydrogen-bond donors (Lipinski definition) is 2. The molecule has 0 atom stereocenters. The first kappa shape index (κ1) is 22.2.